The molecule has 3 heterocycles. The molecule has 1 aliphatic carbocycles. The quantitative estimate of drug-likeness (QED) is 0.768. The summed E-state index contributed by atoms with van der Waals surface area (Å²) >= 11 is 0. The van der Waals surface area contributed by atoms with Crippen molar-refractivity contribution in [2.45, 2.75) is 37.9 Å². The molecule has 28 heavy (non-hydrogen) atoms. The SMILES string of the molecule is [NH3+]C1C=C(N2COc3cc(C(=O)N4CCCC(F)C4)cnc32)C=C1CCC=O. The Labute approximate surface area is 162 Å². The summed E-state index contributed by atoms with van der Waals surface area (Å²) in [5, 5.41) is 0. The summed E-state index contributed by atoms with van der Waals surface area (Å²) in [5.74, 6) is 0.967. The molecule has 3 aliphatic rings. The number of pyridine rings is 1. The largest absolute Gasteiger partial charge is 0.469 e. The van der Waals surface area contributed by atoms with Gasteiger partial charge in [0, 0.05) is 30.9 Å². The Morgan fingerprint density at radius 2 is 2.32 bits per heavy atom. The fourth-order valence-corrected chi connectivity index (χ4v) is 3.86. The van der Waals surface area contributed by atoms with Gasteiger partial charge in [0.1, 0.15) is 18.5 Å². The average molecular weight is 387 g/mol. The number of fused-ring (bicyclic) bond motifs is 1. The Morgan fingerprint density at radius 3 is 3.11 bits per heavy atom. The maximum absolute atomic E-state index is 13.6. The van der Waals surface area contributed by atoms with E-state index in [4.69, 9.17) is 4.74 Å². The molecule has 1 aromatic rings. The minimum Gasteiger partial charge on any atom is -0.469 e. The monoisotopic (exact) mass is 387 g/mol. The Bertz CT molecular complexity index is 854. The second-order valence-corrected chi connectivity index (χ2v) is 7.36. The number of quaternary nitrogens is 1. The summed E-state index contributed by atoms with van der Waals surface area (Å²) in [5.41, 5.74) is 6.56. The van der Waals surface area contributed by atoms with E-state index < -0.39 is 6.17 Å². The predicted octanol–water partition coefficient (Wildman–Crippen LogP) is 1.23. The lowest BCUT2D eigenvalue weighted by molar-refractivity contribution is -0.390. The Kier molecular flexibility index (Phi) is 5.13. The number of halogens is 1. The number of aromatic nitrogens is 1. The van der Waals surface area contributed by atoms with Crippen molar-refractivity contribution in [3.63, 3.8) is 0 Å². The van der Waals surface area contributed by atoms with Crippen LogP contribution in [0.2, 0.25) is 0 Å². The third-order valence-corrected chi connectivity index (χ3v) is 5.38. The summed E-state index contributed by atoms with van der Waals surface area (Å²) in [4.78, 5) is 31.2. The number of amides is 1. The molecule has 0 bridgehead atoms. The van der Waals surface area contributed by atoms with E-state index in [9.17, 15) is 14.0 Å². The summed E-state index contributed by atoms with van der Waals surface area (Å²) in [6.45, 7) is 0.997. The Hall–Kier alpha value is -2.74. The number of ether oxygens (including phenoxy) is 1. The summed E-state index contributed by atoms with van der Waals surface area (Å²) < 4.78 is 19.4. The highest BCUT2D eigenvalue weighted by molar-refractivity contribution is 5.95. The highest BCUT2D eigenvalue weighted by Crippen LogP contribution is 2.37. The number of likely N-dealkylation sites (tertiary alicyclic amines) is 1. The lowest BCUT2D eigenvalue weighted by atomic mass is 10.1. The standard InChI is InChI=1S/C20H23FN4O3/c21-15-4-1-5-24(11-15)20(27)14-8-18-19(23-10-14)25(12-28-18)16-7-13(3-2-6-26)17(22)9-16/h6-10,15,17H,1-5,11-12,22H2/p+1. The molecular weight excluding hydrogens is 363 g/mol. The average Bonchev–Trinajstić information content (AvgIpc) is 3.28. The van der Waals surface area contributed by atoms with Crippen molar-refractivity contribution >= 4 is 18.0 Å². The number of alkyl halides is 1. The summed E-state index contributed by atoms with van der Waals surface area (Å²) in [7, 11) is 0. The topological polar surface area (TPSA) is 90.4 Å². The number of piperidine rings is 1. The first kappa shape index (κ1) is 18.6. The lowest BCUT2D eigenvalue weighted by Gasteiger charge is -2.29. The zero-order chi connectivity index (χ0) is 19.7. The molecule has 1 fully saturated rings. The van der Waals surface area contributed by atoms with Gasteiger partial charge in [-0.25, -0.2) is 9.37 Å². The van der Waals surface area contributed by atoms with E-state index in [2.05, 4.69) is 10.7 Å². The van der Waals surface area contributed by atoms with Crippen LogP contribution in [0.15, 0.2) is 35.7 Å². The molecule has 4 rings (SSSR count). The van der Waals surface area contributed by atoms with Gasteiger partial charge >= 0.3 is 0 Å². The number of anilines is 1. The van der Waals surface area contributed by atoms with Crippen LogP contribution in [0.3, 0.4) is 0 Å². The van der Waals surface area contributed by atoms with Crippen LogP contribution in [-0.4, -0.2) is 54.1 Å². The van der Waals surface area contributed by atoms with Crippen molar-refractivity contribution in [3.8, 4) is 5.75 Å². The van der Waals surface area contributed by atoms with E-state index in [1.54, 1.807) is 11.0 Å². The van der Waals surface area contributed by atoms with Gasteiger partial charge in [-0.3, -0.25) is 9.69 Å². The maximum atomic E-state index is 13.6. The van der Waals surface area contributed by atoms with Crippen molar-refractivity contribution in [1.29, 1.82) is 0 Å². The van der Waals surface area contributed by atoms with E-state index in [1.807, 2.05) is 17.1 Å². The van der Waals surface area contributed by atoms with Crippen LogP contribution in [0.1, 0.15) is 36.0 Å². The molecule has 2 atom stereocenters. The van der Waals surface area contributed by atoms with Crippen LogP contribution in [0, 0.1) is 0 Å². The predicted molar refractivity (Wildman–Crippen MR) is 100 cm³/mol. The van der Waals surface area contributed by atoms with Gasteiger partial charge in [0.05, 0.1) is 12.1 Å². The molecule has 0 radical (unpaired) electrons. The number of rotatable bonds is 5. The molecule has 0 aromatic carbocycles. The number of carbonyl (C=O) groups is 2. The number of hydrogen-bond acceptors (Lipinski definition) is 5. The summed E-state index contributed by atoms with van der Waals surface area (Å²) in [6, 6.07) is 1.70. The van der Waals surface area contributed by atoms with E-state index in [0.29, 0.717) is 56.1 Å². The van der Waals surface area contributed by atoms with Gasteiger partial charge in [0.15, 0.2) is 18.3 Å². The summed E-state index contributed by atoms with van der Waals surface area (Å²) in [6.07, 6.45) is 7.87. The molecule has 1 saturated heterocycles. The molecule has 0 saturated carbocycles. The van der Waals surface area contributed by atoms with Crippen molar-refractivity contribution in [2.24, 2.45) is 0 Å². The van der Waals surface area contributed by atoms with Gasteiger partial charge in [-0.1, -0.05) is 0 Å². The smallest absolute Gasteiger partial charge is 0.255 e. The molecule has 2 aliphatic heterocycles. The van der Waals surface area contributed by atoms with Crippen LogP contribution in [0.25, 0.3) is 0 Å². The fraction of sp³-hybridized carbons (Fsp3) is 0.450. The minimum atomic E-state index is -0.961. The first-order valence-corrected chi connectivity index (χ1v) is 9.59. The number of nitrogens with zero attached hydrogens (tertiary/aromatic N) is 3. The maximum Gasteiger partial charge on any atom is 0.255 e. The van der Waals surface area contributed by atoms with Gasteiger partial charge in [-0.2, -0.15) is 0 Å². The highest BCUT2D eigenvalue weighted by Gasteiger charge is 2.31. The Balaban J connectivity index is 1.51. The van der Waals surface area contributed by atoms with Crippen molar-refractivity contribution < 1.29 is 24.5 Å². The Morgan fingerprint density at radius 1 is 1.46 bits per heavy atom. The molecule has 8 heteroatoms. The van der Waals surface area contributed by atoms with Crippen LogP contribution in [0.5, 0.6) is 5.75 Å². The molecule has 2 unspecified atom stereocenters. The molecule has 1 aromatic heterocycles. The molecule has 0 spiro atoms. The van der Waals surface area contributed by atoms with Crippen molar-refractivity contribution in [2.75, 3.05) is 24.7 Å². The first-order chi connectivity index (χ1) is 13.6. The van der Waals surface area contributed by atoms with Gasteiger partial charge in [-0.15, -0.1) is 0 Å². The second-order valence-electron chi connectivity index (χ2n) is 7.36. The van der Waals surface area contributed by atoms with Crippen LogP contribution in [-0.2, 0) is 4.79 Å². The minimum absolute atomic E-state index is 0.0209. The van der Waals surface area contributed by atoms with E-state index in [0.717, 1.165) is 17.6 Å². The molecule has 3 N–H and O–H groups in total. The third kappa shape index (κ3) is 3.52. The van der Waals surface area contributed by atoms with E-state index in [1.165, 1.54) is 6.20 Å². The lowest BCUT2D eigenvalue weighted by Crippen LogP contribution is -2.60. The second kappa shape index (κ2) is 7.71. The number of hydrogen-bond donors (Lipinski definition) is 1. The number of carbonyl (C=O) groups excluding carboxylic acids is 2. The number of allylic oxidation sites excluding steroid dienone is 1. The van der Waals surface area contributed by atoms with Gasteiger partial charge in [-0.05, 0) is 37.0 Å². The van der Waals surface area contributed by atoms with Gasteiger partial charge in [0.2, 0.25) is 0 Å². The zero-order valence-electron chi connectivity index (χ0n) is 15.6. The van der Waals surface area contributed by atoms with Gasteiger partial charge < -0.3 is 20.2 Å². The van der Waals surface area contributed by atoms with Crippen LogP contribution < -0.4 is 15.4 Å². The third-order valence-electron chi connectivity index (χ3n) is 5.38. The van der Waals surface area contributed by atoms with E-state index >= 15 is 0 Å². The highest BCUT2D eigenvalue weighted by atomic mass is 19.1. The van der Waals surface area contributed by atoms with Crippen LogP contribution in [0.4, 0.5) is 10.2 Å². The van der Waals surface area contributed by atoms with Crippen molar-refractivity contribution in [1.82, 2.24) is 9.88 Å². The fourth-order valence-electron chi connectivity index (χ4n) is 3.86. The molecule has 148 valence electrons. The zero-order valence-corrected chi connectivity index (χ0v) is 15.6. The molecule has 1 amide bonds. The first-order valence-electron chi connectivity index (χ1n) is 9.59. The van der Waals surface area contributed by atoms with Gasteiger partial charge in [0.25, 0.3) is 5.91 Å². The van der Waals surface area contributed by atoms with Crippen LogP contribution >= 0.6 is 0 Å². The van der Waals surface area contributed by atoms with Crippen molar-refractivity contribution in [3.05, 3.63) is 41.2 Å². The molecular formula is C20H24FN4O3+. The normalized spacial score (nSPS) is 23.8. The molecule has 7 nitrogen and oxygen atoms in total. The number of aldehydes is 1. The van der Waals surface area contributed by atoms with E-state index in [-0.39, 0.29) is 18.5 Å².